The number of hydrogen-bond donors (Lipinski definition) is 1. The number of aryl methyl sites for hydroxylation is 1. The Morgan fingerprint density at radius 3 is 2.71 bits per heavy atom. The van der Waals surface area contributed by atoms with E-state index >= 15 is 0 Å². The van der Waals surface area contributed by atoms with Gasteiger partial charge in [-0.05, 0) is 37.0 Å². The van der Waals surface area contributed by atoms with E-state index in [4.69, 9.17) is 4.74 Å². The van der Waals surface area contributed by atoms with Crippen LogP contribution in [0.5, 0.6) is 0 Å². The number of amides is 1. The summed E-state index contributed by atoms with van der Waals surface area (Å²) in [4.78, 5) is 25.4. The number of carbonyl (C=O) groups is 2. The maximum Gasteiger partial charge on any atom is 0.335 e. The van der Waals surface area contributed by atoms with E-state index < -0.39 is 18.1 Å². The van der Waals surface area contributed by atoms with Gasteiger partial charge in [0.05, 0.1) is 6.04 Å². The lowest BCUT2D eigenvalue weighted by atomic mass is 9.96. The average Bonchev–Trinajstić information content (AvgIpc) is 3.25. The zero-order valence-electron chi connectivity index (χ0n) is 11.6. The first-order chi connectivity index (χ1) is 9.99. The summed E-state index contributed by atoms with van der Waals surface area (Å²) < 4.78 is 6.19. The molecule has 21 heavy (non-hydrogen) atoms. The molecule has 1 aliphatic carbocycles. The van der Waals surface area contributed by atoms with Crippen molar-refractivity contribution in [1.29, 1.82) is 0 Å². The van der Waals surface area contributed by atoms with Crippen LogP contribution in [0, 0.1) is 6.92 Å². The number of halogens is 1. The molecule has 5 nitrogen and oxygen atoms in total. The van der Waals surface area contributed by atoms with Gasteiger partial charge in [-0.15, -0.1) is 0 Å². The third kappa shape index (κ3) is 2.70. The maximum atomic E-state index is 12.2. The predicted molar refractivity (Wildman–Crippen MR) is 78.9 cm³/mol. The lowest BCUT2D eigenvalue weighted by Crippen LogP contribution is -2.52. The van der Waals surface area contributed by atoms with E-state index in [1.165, 1.54) is 0 Å². The highest BCUT2D eigenvalue weighted by molar-refractivity contribution is 9.10. The summed E-state index contributed by atoms with van der Waals surface area (Å²) in [7, 11) is 0. The van der Waals surface area contributed by atoms with E-state index in [0.717, 1.165) is 28.4 Å². The monoisotopic (exact) mass is 353 g/mol. The van der Waals surface area contributed by atoms with E-state index in [-0.39, 0.29) is 18.6 Å². The van der Waals surface area contributed by atoms with Crippen LogP contribution in [0.2, 0.25) is 0 Å². The number of hydrogen-bond acceptors (Lipinski definition) is 3. The van der Waals surface area contributed by atoms with Crippen molar-refractivity contribution >= 4 is 27.8 Å². The highest BCUT2D eigenvalue weighted by atomic mass is 79.9. The smallest absolute Gasteiger partial charge is 0.335 e. The zero-order chi connectivity index (χ0) is 15.1. The van der Waals surface area contributed by atoms with E-state index in [9.17, 15) is 14.7 Å². The number of carboxylic acids is 1. The summed E-state index contributed by atoms with van der Waals surface area (Å²) in [5.41, 5.74) is 1.85. The minimum absolute atomic E-state index is 0.128. The van der Waals surface area contributed by atoms with Crippen molar-refractivity contribution in [2.24, 2.45) is 0 Å². The van der Waals surface area contributed by atoms with Gasteiger partial charge < -0.3 is 14.7 Å². The summed E-state index contributed by atoms with van der Waals surface area (Å²) in [6.07, 6.45) is 0.848. The third-order valence-corrected chi connectivity index (χ3v) is 4.84. The molecular formula is C15H16BrNO4. The molecule has 2 atom stereocenters. The van der Waals surface area contributed by atoms with Crippen molar-refractivity contribution in [2.45, 2.75) is 38.0 Å². The molecule has 1 amide bonds. The first kappa shape index (κ1) is 14.5. The van der Waals surface area contributed by atoms with Gasteiger partial charge in [0.1, 0.15) is 6.61 Å². The molecular weight excluding hydrogens is 338 g/mol. The van der Waals surface area contributed by atoms with E-state index in [2.05, 4.69) is 15.9 Å². The second kappa shape index (κ2) is 5.42. The molecule has 2 aliphatic rings. The molecule has 1 aromatic rings. The molecule has 3 rings (SSSR count). The lowest BCUT2D eigenvalue weighted by molar-refractivity contribution is -0.174. The Kier molecular flexibility index (Phi) is 3.75. The number of benzene rings is 1. The molecule has 1 heterocycles. The van der Waals surface area contributed by atoms with Crippen LogP contribution in [0.25, 0.3) is 0 Å². The topological polar surface area (TPSA) is 66.8 Å². The minimum atomic E-state index is -1.03. The Bertz CT molecular complexity index is 599. The van der Waals surface area contributed by atoms with Crippen LogP contribution in [0.1, 0.15) is 30.0 Å². The fraction of sp³-hybridized carbons (Fsp3) is 0.467. The highest BCUT2D eigenvalue weighted by Gasteiger charge is 2.47. The fourth-order valence-corrected chi connectivity index (χ4v) is 3.14. The number of ether oxygens (including phenoxy) is 1. The van der Waals surface area contributed by atoms with Crippen LogP contribution in [-0.4, -0.2) is 40.6 Å². The number of carboxylic acid groups (broad SMARTS) is 1. The van der Waals surface area contributed by atoms with Crippen LogP contribution in [0.3, 0.4) is 0 Å². The summed E-state index contributed by atoms with van der Waals surface area (Å²) in [6, 6.07) is 5.26. The molecule has 0 radical (unpaired) electrons. The normalized spacial score (nSPS) is 26.0. The minimum Gasteiger partial charge on any atom is -0.479 e. The third-order valence-electron chi connectivity index (χ3n) is 3.98. The highest BCUT2D eigenvalue weighted by Crippen LogP contribution is 2.40. The van der Waals surface area contributed by atoms with Crippen LogP contribution in [0.4, 0.5) is 0 Å². The molecule has 0 spiro atoms. The lowest BCUT2D eigenvalue weighted by Gasteiger charge is -2.39. The van der Waals surface area contributed by atoms with Gasteiger partial charge >= 0.3 is 5.97 Å². The van der Waals surface area contributed by atoms with Crippen molar-refractivity contribution in [3.63, 3.8) is 0 Å². The van der Waals surface area contributed by atoms with Crippen molar-refractivity contribution in [1.82, 2.24) is 4.90 Å². The first-order valence-electron chi connectivity index (χ1n) is 6.90. The zero-order valence-corrected chi connectivity index (χ0v) is 13.2. The predicted octanol–water partition coefficient (Wildman–Crippen LogP) is 2.27. The first-order valence-corrected chi connectivity index (χ1v) is 7.70. The Morgan fingerprint density at radius 2 is 2.14 bits per heavy atom. The molecule has 1 aliphatic heterocycles. The number of morpholine rings is 1. The second-order valence-corrected chi connectivity index (χ2v) is 6.41. The molecule has 0 aromatic heterocycles. The molecule has 1 saturated heterocycles. The van der Waals surface area contributed by atoms with Crippen molar-refractivity contribution < 1.29 is 19.4 Å². The fourth-order valence-electron chi connectivity index (χ4n) is 2.75. The number of carbonyl (C=O) groups excluding carboxylic acids is 1. The molecule has 1 aromatic carbocycles. The number of nitrogens with zero attached hydrogens (tertiary/aromatic N) is 1. The van der Waals surface area contributed by atoms with Crippen molar-refractivity contribution in [2.75, 3.05) is 6.61 Å². The van der Waals surface area contributed by atoms with Gasteiger partial charge in [-0.25, -0.2) is 4.79 Å². The van der Waals surface area contributed by atoms with Gasteiger partial charge in [0, 0.05) is 10.5 Å². The van der Waals surface area contributed by atoms with Gasteiger partial charge in [-0.1, -0.05) is 28.1 Å². The van der Waals surface area contributed by atoms with E-state index in [1.54, 1.807) is 4.90 Å². The second-order valence-electron chi connectivity index (χ2n) is 5.56. The van der Waals surface area contributed by atoms with Gasteiger partial charge in [0.25, 0.3) is 0 Å². The molecule has 1 N–H and O–H groups in total. The molecule has 2 unspecified atom stereocenters. The quantitative estimate of drug-likeness (QED) is 0.904. The Balaban J connectivity index is 2.03. The van der Waals surface area contributed by atoms with Gasteiger partial charge in [-0.3, -0.25) is 4.79 Å². The molecule has 6 heteroatoms. The molecule has 2 fully saturated rings. The Hall–Kier alpha value is -1.40. The van der Waals surface area contributed by atoms with Crippen molar-refractivity contribution in [3.8, 4) is 0 Å². The van der Waals surface area contributed by atoms with Gasteiger partial charge in [-0.2, -0.15) is 0 Å². The average molecular weight is 354 g/mol. The molecule has 112 valence electrons. The van der Waals surface area contributed by atoms with Crippen LogP contribution in [0.15, 0.2) is 22.7 Å². The van der Waals surface area contributed by atoms with E-state index in [1.807, 2.05) is 25.1 Å². The van der Waals surface area contributed by atoms with Crippen LogP contribution >= 0.6 is 15.9 Å². The van der Waals surface area contributed by atoms with Gasteiger partial charge in [0.2, 0.25) is 5.91 Å². The summed E-state index contributed by atoms with van der Waals surface area (Å²) >= 11 is 3.47. The Morgan fingerprint density at radius 1 is 1.43 bits per heavy atom. The Labute approximate surface area is 131 Å². The van der Waals surface area contributed by atoms with E-state index in [0.29, 0.717) is 0 Å². The summed E-state index contributed by atoms with van der Waals surface area (Å²) in [6.45, 7) is 1.81. The summed E-state index contributed by atoms with van der Waals surface area (Å²) in [5.74, 6) is -1.16. The number of rotatable bonds is 3. The SMILES string of the molecule is Cc1ccc(C2C(C(=O)O)OCC(=O)N2C2CC2)cc1Br. The molecule has 1 saturated carbocycles. The molecule has 0 bridgehead atoms. The number of aliphatic carboxylic acids is 1. The largest absolute Gasteiger partial charge is 0.479 e. The van der Waals surface area contributed by atoms with Crippen molar-refractivity contribution in [3.05, 3.63) is 33.8 Å². The van der Waals surface area contributed by atoms with Crippen LogP contribution in [-0.2, 0) is 14.3 Å². The standard InChI is InChI=1S/C15H16BrNO4/c1-8-2-3-9(6-11(8)16)13-14(15(19)20)21-7-12(18)17(13)10-4-5-10/h2-3,6,10,13-14H,4-5,7H2,1H3,(H,19,20). The summed E-state index contributed by atoms with van der Waals surface area (Å²) in [5, 5.41) is 9.43. The van der Waals surface area contributed by atoms with Gasteiger partial charge in [0.15, 0.2) is 6.10 Å². The maximum absolute atomic E-state index is 12.2. The van der Waals surface area contributed by atoms with Crippen LogP contribution < -0.4 is 0 Å².